The molecule has 10 aromatic rings. The lowest BCUT2D eigenvalue weighted by atomic mass is 10.00. The van der Waals surface area contributed by atoms with Gasteiger partial charge < -0.3 is 4.57 Å². The largest absolute Gasteiger partial charge is 0.309 e. The summed E-state index contributed by atoms with van der Waals surface area (Å²) in [7, 11) is 0. The van der Waals surface area contributed by atoms with Crippen LogP contribution in [-0.4, -0.2) is 14.5 Å². The second-order valence-electron chi connectivity index (χ2n) is 11.7. The first-order valence-electron chi connectivity index (χ1n) is 15.5. The van der Waals surface area contributed by atoms with E-state index in [0.29, 0.717) is 0 Å². The molecule has 0 fully saturated rings. The third-order valence-corrected chi connectivity index (χ3v) is 10.4. The molecule has 10 rings (SSSR count). The van der Waals surface area contributed by atoms with Crippen LogP contribution in [-0.2, 0) is 0 Å². The summed E-state index contributed by atoms with van der Waals surface area (Å²) in [5.74, 6) is 0.725. The van der Waals surface area contributed by atoms with E-state index in [1.165, 1.54) is 52.8 Å². The molecule has 0 amide bonds. The molecule has 0 atom stereocenters. The van der Waals surface area contributed by atoms with E-state index < -0.39 is 0 Å². The van der Waals surface area contributed by atoms with E-state index in [-0.39, 0.29) is 0 Å². The Labute approximate surface area is 268 Å². The van der Waals surface area contributed by atoms with Crippen molar-refractivity contribution >= 4 is 75.0 Å². The van der Waals surface area contributed by atoms with Gasteiger partial charge in [-0.2, -0.15) is 0 Å². The van der Waals surface area contributed by atoms with Gasteiger partial charge in [0.2, 0.25) is 0 Å². The second-order valence-corrected chi connectivity index (χ2v) is 12.8. The third kappa shape index (κ3) is 3.65. The average molecular weight is 604 g/mol. The Kier molecular flexibility index (Phi) is 5.45. The number of para-hydroxylation sites is 2. The molecular weight excluding hydrogens is 579 g/mol. The van der Waals surface area contributed by atoms with E-state index in [4.69, 9.17) is 9.97 Å². The van der Waals surface area contributed by atoms with E-state index in [0.717, 1.165) is 39.2 Å². The summed E-state index contributed by atoms with van der Waals surface area (Å²) in [6, 6.07) is 53.9. The number of hydrogen-bond acceptors (Lipinski definition) is 3. The Morgan fingerprint density at radius 3 is 1.93 bits per heavy atom. The van der Waals surface area contributed by atoms with Gasteiger partial charge in [-0.1, -0.05) is 109 Å². The van der Waals surface area contributed by atoms with Gasteiger partial charge in [-0.3, -0.25) is 0 Å². The maximum Gasteiger partial charge on any atom is 0.160 e. The van der Waals surface area contributed by atoms with Crippen molar-refractivity contribution in [3.63, 3.8) is 0 Å². The fourth-order valence-corrected chi connectivity index (χ4v) is 8.41. The van der Waals surface area contributed by atoms with Gasteiger partial charge in [-0.05, 0) is 47.9 Å². The van der Waals surface area contributed by atoms with Gasteiger partial charge in [0.05, 0.1) is 22.2 Å². The predicted octanol–water partition coefficient (Wildman–Crippen LogP) is 11.6. The molecule has 0 radical (unpaired) electrons. The maximum absolute atomic E-state index is 5.12. The molecule has 214 valence electrons. The molecule has 4 heteroatoms. The Hall–Kier alpha value is -5.84. The predicted molar refractivity (Wildman–Crippen MR) is 195 cm³/mol. The van der Waals surface area contributed by atoms with Crippen LogP contribution in [0.3, 0.4) is 0 Å². The first-order chi connectivity index (χ1) is 22.8. The molecule has 0 spiro atoms. The van der Waals surface area contributed by atoms with Crippen molar-refractivity contribution in [2.24, 2.45) is 0 Å². The summed E-state index contributed by atoms with van der Waals surface area (Å²) in [5.41, 5.74) is 7.54. The van der Waals surface area contributed by atoms with Crippen LogP contribution in [0.1, 0.15) is 0 Å². The molecule has 3 heterocycles. The van der Waals surface area contributed by atoms with Crippen molar-refractivity contribution in [2.45, 2.75) is 0 Å². The minimum Gasteiger partial charge on any atom is -0.309 e. The molecule has 0 saturated heterocycles. The second kappa shape index (κ2) is 9.83. The maximum atomic E-state index is 5.12. The zero-order chi connectivity index (χ0) is 30.2. The number of thiophene rings is 1. The highest BCUT2D eigenvalue weighted by Crippen LogP contribution is 2.47. The monoisotopic (exact) mass is 603 g/mol. The number of fused-ring (bicyclic) bond motifs is 11. The standard InChI is InChI=1S/C42H25N3S/c1-2-12-26(13-3-1)39-31-16-6-9-19-34(31)43-42(44-39)27-22-24-28(25-23-27)45-35-20-10-7-17-32(35)37-29-14-4-5-15-30(29)41-38(40(37)45)33-18-8-11-21-36(33)46-41/h1-25H. The van der Waals surface area contributed by atoms with Gasteiger partial charge in [0, 0.05) is 58.5 Å². The Morgan fingerprint density at radius 2 is 1.11 bits per heavy atom. The van der Waals surface area contributed by atoms with Crippen LogP contribution >= 0.6 is 11.3 Å². The normalized spacial score (nSPS) is 11.9. The molecule has 0 aliphatic carbocycles. The number of nitrogens with zero attached hydrogens (tertiary/aromatic N) is 3. The highest BCUT2D eigenvalue weighted by Gasteiger charge is 2.21. The molecule has 0 bridgehead atoms. The van der Waals surface area contributed by atoms with Crippen LogP contribution in [0, 0.1) is 0 Å². The molecule has 0 N–H and O–H groups in total. The van der Waals surface area contributed by atoms with Gasteiger partial charge in [-0.25, -0.2) is 9.97 Å². The number of aromatic nitrogens is 3. The molecule has 0 aliphatic heterocycles. The summed E-state index contributed by atoms with van der Waals surface area (Å²) in [6.07, 6.45) is 0. The average Bonchev–Trinajstić information content (AvgIpc) is 3.68. The highest BCUT2D eigenvalue weighted by atomic mass is 32.1. The van der Waals surface area contributed by atoms with Gasteiger partial charge in [0.25, 0.3) is 0 Å². The lowest BCUT2D eigenvalue weighted by Crippen LogP contribution is -1.97. The summed E-state index contributed by atoms with van der Waals surface area (Å²) in [4.78, 5) is 10.1. The topological polar surface area (TPSA) is 30.7 Å². The fraction of sp³-hybridized carbons (Fsp3) is 0. The van der Waals surface area contributed by atoms with Crippen LogP contribution in [0.2, 0.25) is 0 Å². The molecule has 0 unspecified atom stereocenters. The van der Waals surface area contributed by atoms with Crippen molar-refractivity contribution in [3.8, 4) is 28.3 Å². The van der Waals surface area contributed by atoms with Gasteiger partial charge in [-0.15, -0.1) is 11.3 Å². The van der Waals surface area contributed by atoms with E-state index >= 15 is 0 Å². The lowest BCUT2D eigenvalue weighted by molar-refractivity contribution is 1.18. The van der Waals surface area contributed by atoms with Crippen molar-refractivity contribution in [1.29, 1.82) is 0 Å². The van der Waals surface area contributed by atoms with Crippen molar-refractivity contribution in [1.82, 2.24) is 14.5 Å². The number of benzene rings is 7. The first-order valence-corrected chi connectivity index (χ1v) is 16.3. The first kappa shape index (κ1) is 25.5. The Balaban J connectivity index is 1.25. The Morgan fingerprint density at radius 1 is 0.457 bits per heavy atom. The Bertz CT molecular complexity index is 2790. The van der Waals surface area contributed by atoms with Crippen LogP contribution in [0.25, 0.3) is 92.0 Å². The van der Waals surface area contributed by atoms with Gasteiger partial charge in [0.1, 0.15) is 0 Å². The molecule has 7 aromatic carbocycles. The third-order valence-electron chi connectivity index (χ3n) is 9.18. The number of rotatable bonds is 3. The van der Waals surface area contributed by atoms with E-state index in [9.17, 15) is 0 Å². The van der Waals surface area contributed by atoms with Crippen LogP contribution in [0.5, 0.6) is 0 Å². The van der Waals surface area contributed by atoms with Gasteiger partial charge >= 0.3 is 0 Å². The zero-order valence-electron chi connectivity index (χ0n) is 24.7. The van der Waals surface area contributed by atoms with E-state index in [1.54, 1.807) is 0 Å². The minimum atomic E-state index is 0.725. The van der Waals surface area contributed by atoms with Crippen LogP contribution in [0.15, 0.2) is 152 Å². The summed E-state index contributed by atoms with van der Waals surface area (Å²) >= 11 is 1.89. The molecule has 3 nitrogen and oxygen atoms in total. The van der Waals surface area contributed by atoms with Gasteiger partial charge in [0.15, 0.2) is 5.82 Å². The lowest BCUT2D eigenvalue weighted by Gasteiger charge is -2.12. The van der Waals surface area contributed by atoms with Crippen LogP contribution in [0.4, 0.5) is 0 Å². The number of hydrogen-bond donors (Lipinski definition) is 0. The van der Waals surface area contributed by atoms with E-state index in [1.807, 2.05) is 23.5 Å². The molecule has 0 saturated carbocycles. The summed E-state index contributed by atoms with van der Waals surface area (Å²) in [6.45, 7) is 0. The quantitative estimate of drug-likeness (QED) is 0.201. The summed E-state index contributed by atoms with van der Waals surface area (Å²) in [5, 5.41) is 8.85. The molecular formula is C42H25N3S. The summed E-state index contributed by atoms with van der Waals surface area (Å²) < 4.78 is 5.10. The molecule has 46 heavy (non-hydrogen) atoms. The van der Waals surface area contributed by atoms with E-state index in [2.05, 4.69) is 144 Å². The minimum absolute atomic E-state index is 0.725. The smallest absolute Gasteiger partial charge is 0.160 e. The fourth-order valence-electron chi connectivity index (χ4n) is 7.17. The van der Waals surface area contributed by atoms with Crippen molar-refractivity contribution in [2.75, 3.05) is 0 Å². The highest BCUT2D eigenvalue weighted by molar-refractivity contribution is 7.27. The molecule has 3 aromatic heterocycles. The van der Waals surface area contributed by atoms with Crippen molar-refractivity contribution in [3.05, 3.63) is 152 Å². The SMILES string of the molecule is c1ccc(-c2nc(-c3ccc(-n4c5ccccc5c5c6ccccc6c6sc7ccccc7c6c54)cc3)nc3ccccc23)cc1. The van der Waals surface area contributed by atoms with Crippen molar-refractivity contribution < 1.29 is 0 Å². The zero-order valence-corrected chi connectivity index (χ0v) is 25.5. The van der Waals surface area contributed by atoms with Crippen LogP contribution < -0.4 is 0 Å². The molecule has 0 aliphatic rings.